The van der Waals surface area contributed by atoms with E-state index in [2.05, 4.69) is 13.8 Å². The minimum Gasteiger partial charge on any atom is -0.361 e. The first-order chi connectivity index (χ1) is 10.7. The molecule has 0 heterocycles. The number of anilines is 1. The van der Waals surface area contributed by atoms with Gasteiger partial charge < -0.3 is 14.4 Å². The summed E-state index contributed by atoms with van der Waals surface area (Å²) < 4.78 is 11.2. The summed E-state index contributed by atoms with van der Waals surface area (Å²) in [5.74, 6) is 0. The largest absolute Gasteiger partial charge is 0.361 e. The van der Waals surface area contributed by atoms with Crippen LogP contribution in [0, 0.1) is 10.1 Å². The maximum atomic E-state index is 10.9. The number of benzene rings is 1. The number of non-ortho nitro benzene ring substituents is 1. The molecule has 0 N–H and O–H groups in total. The fourth-order valence-electron chi connectivity index (χ4n) is 1.83. The van der Waals surface area contributed by atoms with E-state index in [1.165, 1.54) is 6.07 Å². The third-order valence-corrected chi connectivity index (χ3v) is 3.18. The molecule has 0 unspecified atom stereocenters. The zero-order valence-corrected chi connectivity index (χ0v) is 13.5. The molecule has 22 heavy (non-hydrogen) atoms. The summed E-state index contributed by atoms with van der Waals surface area (Å²) >= 11 is 0. The molecule has 0 aliphatic rings. The van der Waals surface area contributed by atoms with Gasteiger partial charge in [0.2, 0.25) is 0 Å². The Bertz CT molecular complexity index is 428. The number of hydrogen-bond donors (Lipinski definition) is 0. The predicted octanol–water partition coefficient (Wildman–Crippen LogP) is 3.95. The lowest BCUT2D eigenvalue weighted by molar-refractivity contribution is -0.384. The van der Waals surface area contributed by atoms with Gasteiger partial charge in [-0.2, -0.15) is 0 Å². The molecule has 0 spiro atoms. The predicted molar refractivity (Wildman–Crippen MR) is 87.0 cm³/mol. The van der Waals surface area contributed by atoms with Crippen molar-refractivity contribution in [1.82, 2.24) is 0 Å². The van der Waals surface area contributed by atoms with Crippen LogP contribution in [0.2, 0.25) is 0 Å². The third kappa shape index (κ3) is 6.87. The molecule has 0 fully saturated rings. The van der Waals surface area contributed by atoms with Gasteiger partial charge in [-0.15, -0.1) is 0 Å². The number of hydrogen-bond acceptors (Lipinski definition) is 5. The van der Waals surface area contributed by atoms with Crippen LogP contribution in [0.25, 0.3) is 0 Å². The van der Waals surface area contributed by atoms with Crippen LogP contribution in [0.1, 0.15) is 39.5 Å². The van der Waals surface area contributed by atoms with Gasteiger partial charge in [-0.05, 0) is 18.9 Å². The fourth-order valence-corrected chi connectivity index (χ4v) is 1.83. The Balaban J connectivity index is 2.65. The van der Waals surface area contributed by atoms with Crippen LogP contribution in [0.5, 0.6) is 0 Å². The second kappa shape index (κ2) is 11.0. The van der Waals surface area contributed by atoms with Crippen molar-refractivity contribution in [1.29, 1.82) is 0 Å². The average molecular weight is 310 g/mol. The summed E-state index contributed by atoms with van der Waals surface area (Å²) in [4.78, 5) is 12.4. The second-order valence-corrected chi connectivity index (χ2v) is 5.10. The Morgan fingerprint density at radius 1 is 1.09 bits per heavy atom. The number of nitrogens with zero attached hydrogens (tertiary/aromatic N) is 2. The van der Waals surface area contributed by atoms with Crippen LogP contribution in [-0.4, -0.2) is 31.6 Å². The van der Waals surface area contributed by atoms with Crippen molar-refractivity contribution in [3.63, 3.8) is 0 Å². The molecule has 0 aromatic heterocycles. The van der Waals surface area contributed by atoms with Crippen molar-refractivity contribution in [3.8, 4) is 0 Å². The van der Waals surface area contributed by atoms with E-state index >= 15 is 0 Å². The summed E-state index contributed by atoms with van der Waals surface area (Å²) in [6.45, 7) is 6.31. The first-order valence-electron chi connectivity index (χ1n) is 7.84. The highest BCUT2D eigenvalue weighted by molar-refractivity contribution is 5.52. The van der Waals surface area contributed by atoms with E-state index in [-0.39, 0.29) is 5.69 Å². The molecule has 0 aliphatic carbocycles. The van der Waals surface area contributed by atoms with Crippen molar-refractivity contribution >= 4 is 11.4 Å². The van der Waals surface area contributed by atoms with E-state index in [9.17, 15) is 10.1 Å². The van der Waals surface area contributed by atoms with Crippen LogP contribution in [0.15, 0.2) is 24.3 Å². The summed E-state index contributed by atoms with van der Waals surface area (Å²) in [6, 6.07) is 6.54. The average Bonchev–Trinajstić information content (AvgIpc) is 2.53. The molecule has 6 nitrogen and oxygen atoms in total. The molecule has 1 aromatic carbocycles. The molecule has 1 rings (SSSR count). The Kier molecular flexibility index (Phi) is 9.18. The van der Waals surface area contributed by atoms with Gasteiger partial charge in [0.15, 0.2) is 0 Å². The van der Waals surface area contributed by atoms with E-state index < -0.39 is 4.92 Å². The van der Waals surface area contributed by atoms with Gasteiger partial charge in [-0.1, -0.05) is 32.8 Å². The lowest BCUT2D eigenvalue weighted by Crippen LogP contribution is -2.29. The van der Waals surface area contributed by atoms with Gasteiger partial charge in [-0.3, -0.25) is 10.1 Å². The molecular formula is C16H26N2O4. The molecule has 124 valence electrons. The number of nitro benzene ring substituents is 1. The highest BCUT2D eigenvalue weighted by Gasteiger charge is 2.11. The van der Waals surface area contributed by atoms with Crippen LogP contribution >= 0.6 is 0 Å². The standard InChI is InChI=1S/C16H26N2O4/c1-3-5-10-21-13-17(14-22-11-6-4-2)15-8-7-9-16(12-15)18(19)20/h7-9,12H,3-6,10-11,13-14H2,1-2H3. The summed E-state index contributed by atoms with van der Waals surface area (Å²) in [5.41, 5.74) is 0.812. The van der Waals surface area contributed by atoms with Gasteiger partial charge in [0, 0.05) is 31.0 Å². The van der Waals surface area contributed by atoms with Gasteiger partial charge in [0.05, 0.1) is 4.92 Å². The Labute approximate surface area is 132 Å². The minimum atomic E-state index is -0.391. The lowest BCUT2D eigenvalue weighted by atomic mass is 10.2. The molecule has 6 heteroatoms. The van der Waals surface area contributed by atoms with E-state index in [1.807, 2.05) is 11.0 Å². The first kappa shape index (κ1) is 18.4. The SMILES string of the molecule is CCCCOCN(COCCCC)c1cccc([N+](=O)[O-])c1. The first-order valence-corrected chi connectivity index (χ1v) is 7.84. The topological polar surface area (TPSA) is 64.8 Å². The highest BCUT2D eigenvalue weighted by atomic mass is 16.6. The number of ether oxygens (including phenoxy) is 2. The van der Waals surface area contributed by atoms with Crippen LogP contribution in [-0.2, 0) is 9.47 Å². The fraction of sp³-hybridized carbons (Fsp3) is 0.625. The smallest absolute Gasteiger partial charge is 0.271 e. The molecular weight excluding hydrogens is 284 g/mol. The molecule has 1 aromatic rings. The normalized spacial score (nSPS) is 10.6. The maximum Gasteiger partial charge on any atom is 0.271 e. The highest BCUT2D eigenvalue weighted by Crippen LogP contribution is 2.21. The van der Waals surface area contributed by atoms with Gasteiger partial charge in [-0.25, -0.2) is 0 Å². The molecule has 0 saturated carbocycles. The lowest BCUT2D eigenvalue weighted by Gasteiger charge is -2.24. The zero-order chi connectivity index (χ0) is 16.2. The van der Waals surface area contributed by atoms with Gasteiger partial charge >= 0.3 is 0 Å². The summed E-state index contributed by atoms with van der Waals surface area (Å²) in [5, 5.41) is 10.9. The molecule has 0 amide bonds. The van der Waals surface area contributed by atoms with Crippen molar-refractivity contribution in [2.75, 3.05) is 31.6 Å². The van der Waals surface area contributed by atoms with E-state index in [1.54, 1.807) is 12.1 Å². The van der Waals surface area contributed by atoms with Crippen LogP contribution in [0.3, 0.4) is 0 Å². The van der Waals surface area contributed by atoms with Crippen molar-refractivity contribution < 1.29 is 14.4 Å². The quantitative estimate of drug-likeness (QED) is 0.253. The monoisotopic (exact) mass is 310 g/mol. The number of rotatable bonds is 12. The van der Waals surface area contributed by atoms with Crippen molar-refractivity contribution in [3.05, 3.63) is 34.4 Å². The van der Waals surface area contributed by atoms with Crippen LogP contribution < -0.4 is 4.90 Å². The van der Waals surface area contributed by atoms with Gasteiger partial charge in [0.25, 0.3) is 5.69 Å². The summed E-state index contributed by atoms with van der Waals surface area (Å²) in [7, 11) is 0. The van der Waals surface area contributed by atoms with E-state index in [4.69, 9.17) is 9.47 Å². The van der Waals surface area contributed by atoms with E-state index in [0.29, 0.717) is 26.7 Å². The van der Waals surface area contributed by atoms with Gasteiger partial charge in [0.1, 0.15) is 13.5 Å². The molecule has 0 bridgehead atoms. The zero-order valence-electron chi connectivity index (χ0n) is 13.5. The Hall–Kier alpha value is -1.66. The molecule has 0 radical (unpaired) electrons. The second-order valence-electron chi connectivity index (χ2n) is 5.10. The number of nitro groups is 1. The maximum absolute atomic E-state index is 10.9. The molecule has 0 aliphatic heterocycles. The van der Waals surface area contributed by atoms with E-state index in [0.717, 1.165) is 31.4 Å². The molecule has 0 saturated heterocycles. The Morgan fingerprint density at radius 2 is 1.68 bits per heavy atom. The van der Waals surface area contributed by atoms with Crippen LogP contribution in [0.4, 0.5) is 11.4 Å². The summed E-state index contributed by atoms with van der Waals surface area (Å²) in [6.07, 6.45) is 4.15. The van der Waals surface area contributed by atoms with Crippen molar-refractivity contribution in [2.45, 2.75) is 39.5 Å². The third-order valence-electron chi connectivity index (χ3n) is 3.18. The number of unbranched alkanes of at least 4 members (excludes halogenated alkanes) is 2. The Morgan fingerprint density at radius 3 is 2.18 bits per heavy atom. The van der Waals surface area contributed by atoms with Crippen molar-refractivity contribution in [2.24, 2.45) is 0 Å². The molecule has 0 atom stereocenters. The minimum absolute atomic E-state index is 0.0737.